The fourth-order valence-electron chi connectivity index (χ4n) is 1.54. The fraction of sp³-hybridized carbons (Fsp3) is 0.133. The zero-order chi connectivity index (χ0) is 13.7. The average Bonchev–Trinajstić information content (AvgIpc) is 2.46. The molecule has 0 radical (unpaired) electrons. The molecule has 0 N–H and O–H groups in total. The molecular formula is C15H16NS2Sb. The van der Waals surface area contributed by atoms with E-state index < -0.39 is 18.8 Å². The monoisotopic (exact) mass is 395 g/mol. The molecular weight excluding hydrogens is 380 g/mol. The molecule has 0 saturated heterocycles. The van der Waals surface area contributed by atoms with E-state index in [2.05, 4.69) is 60.7 Å². The second kappa shape index (κ2) is 7.33. The van der Waals surface area contributed by atoms with Gasteiger partial charge in [0.2, 0.25) is 0 Å². The van der Waals surface area contributed by atoms with Crippen LogP contribution in [0, 0.1) is 0 Å². The summed E-state index contributed by atoms with van der Waals surface area (Å²) in [5.74, 6) is 0. The quantitative estimate of drug-likeness (QED) is 0.580. The van der Waals surface area contributed by atoms with Crippen LogP contribution in [0.1, 0.15) is 0 Å². The zero-order valence-corrected chi connectivity index (χ0v) is 15.2. The summed E-state index contributed by atoms with van der Waals surface area (Å²) in [7, 11) is 5.94. The van der Waals surface area contributed by atoms with Gasteiger partial charge in [-0.2, -0.15) is 0 Å². The summed E-state index contributed by atoms with van der Waals surface area (Å²) in [5, 5.41) is 0. The summed E-state index contributed by atoms with van der Waals surface area (Å²) >= 11 is 3.65. The van der Waals surface area contributed by atoms with Gasteiger partial charge in [0, 0.05) is 0 Å². The van der Waals surface area contributed by atoms with Crippen LogP contribution in [0.3, 0.4) is 0 Å². The zero-order valence-electron chi connectivity index (χ0n) is 11.0. The molecule has 4 heteroatoms. The number of rotatable bonds is 3. The molecule has 1 nitrogen and oxygen atoms in total. The second-order valence-corrected chi connectivity index (χ2v) is 14.1. The van der Waals surface area contributed by atoms with Gasteiger partial charge in [-0.05, 0) is 0 Å². The average molecular weight is 396 g/mol. The van der Waals surface area contributed by atoms with Gasteiger partial charge < -0.3 is 0 Å². The Balaban J connectivity index is 2.32. The van der Waals surface area contributed by atoms with Gasteiger partial charge >= 0.3 is 131 Å². The van der Waals surface area contributed by atoms with Gasteiger partial charge in [-0.3, -0.25) is 0 Å². The minimum absolute atomic E-state index is 0.982. The molecule has 0 unspecified atom stereocenters. The Morgan fingerprint density at radius 2 is 1.32 bits per heavy atom. The van der Waals surface area contributed by atoms with E-state index >= 15 is 0 Å². The number of benzene rings is 2. The molecule has 19 heavy (non-hydrogen) atoms. The van der Waals surface area contributed by atoms with E-state index in [1.165, 1.54) is 7.02 Å². The van der Waals surface area contributed by atoms with Crippen LogP contribution in [0.25, 0.3) is 0 Å². The summed E-state index contributed by atoms with van der Waals surface area (Å²) < 4.78 is 3.91. The van der Waals surface area contributed by atoms with Crippen LogP contribution in [0.4, 0.5) is 0 Å². The molecule has 0 aliphatic rings. The Bertz CT molecular complexity index is 489. The minimum atomic E-state index is -1.84. The summed E-state index contributed by atoms with van der Waals surface area (Å²) in [6.45, 7) is 0. The number of hydrogen-bond donors (Lipinski definition) is 0. The normalized spacial score (nSPS) is 10.5. The van der Waals surface area contributed by atoms with Crippen molar-refractivity contribution in [2.45, 2.75) is 0 Å². The number of thiocarbonyl (C=S) groups is 1. The molecule has 0 spiro atoms. The summed E-state index contributed by atoms with van der Waals surface area (Å²) in [6, 6.07) is 21.6. The van der Waals surface area contributed by atoms with E-state index in [0.29, 0.717) is 0 Å². The van der Waals surface area contributed by atoms with Gasteiger partial charge in [0.05, 0.1) is 0 Å². The topological polar surface area (TPSA) is 3.24 Å². The Hall–Kier alpha value is -0.502. The molecule has 0 atom stereocenters. The van der Waals surface area contributed by atoms with Crippen LogP contribution in [0.15, 0.2) is 60.7 Å². The molecule has 0 amide bonds. The van der Waals surface area contributed by atoms with Crippen molar-refractivity contribution >= 4 is 51.2 Å². The number of hydrogen-bond acceptors (Lipinski definition) is 2. The predicted molar refractivity (Wildman–Crippen MR) is 91.8 cm³/mol. The first-order chi connectivity index (χ1) is 9.18. The van der Waals surface area contributed by atoms with E-state index in [1.807, 2.05) is 27.8 Å². The van der Waals surface area contributed by atoms with Gasteiger partial charge in [0.1, 0.15) is 0 Å². The molecule has 0 aliphatic heterocycles. The fourth-order valence-corrected chi connectivity index (χ4v) is 13.1. The van der Waals surface area contributed by atoms with Crippen LogP contribution in [0.2, 0.25) is 0 Å². The molecule has 0 saturated carbocycles. The second-order valence-electron chi connectivity index (χ2n) is 4.22. The van der Waals surface area contributed by atoms with Crippen molar-refractivity contribution in [3.05, 3.63) is 60.7 Å². The van der Waals surface area contributed by atoms with Crippen molar-refractivity contribution in [3.8, 4) is 0 Å². The van der Waals surface area contributed by atoms with E-state index in [4.69, 9.17) is 12.2 Å². The molecule has 0 aromatic heterocycles. The number of nitrogens with zero attached hydrogens (tertiary/aromatic N) is 1. The van der Waals surface area contributed by atoms with Crippen LogP contribution < -0.4 is 7.02 Å². The van der Waals surface area contributed by atoms with E-state index in [-0.39, 0.29) is 0 Å². The SMILES string of the molecule is CN(C)C(=S)[S][Sb]([c]1ccccc1)[c]1ccccc1. The van der Waals surface area contributed by atoms with Gasteiger partial charge in [-0.1, -0.05) is 0 Å². The third kappa shape index (κ3) is 4.24. The van der Waals surface area contributed by atoms with E-state index in [9.17, 15) is 0 Å². The Morgan fingerprint density at radius 1 is 0.895 bits per heavy atom. The van der Waals surface area contributed by atoms with Gasteiger partial charge in [-0.15, -0.1) is 0 Å². The van der Waals surface area contributed by atoms with Crippen molar-refractivity contribution in [1.29, 1.82) is 0 Å². The van der Waals surface area contributed by atoms with Gasteiger partial charge in [-0.25, -0.2) is 0 Å². The molecule has 2 aromatic carbocycles. The molecule has 98 valence electrons. The van der Waals surface area contributed by atoms with Crippen molar-refractivity contribution in [2.24, 2.45) is 0 Å². The van der Waals surface area contributed by atoms with Crippen LogP contribution in [-0.4, -0.2) is 42.1 Å². The van der Waals surface area contributed by atoms with Crippen molar-refractivity contribution in [2.75, 3.05) is 14.1 Å². The maximum atomic E-state index is 5.49. The molecule has 0 fully saturated rings. The molecule has 0 bridgehead atoms. The van der Waals surface area contributed by atoms with Crippen LogP contribution in [0.5, 0.6) is 0 Å². The summed E-state index contributed by atoms with van der Waals surface area (Å²) in [4.78, 5) is 2.03. The molecule has 2 rings (SSSR count). The first-order valence-electron chi connectivity index (χ1n) is 5.98. The van der Waals surface area contributed by atoms with Gasteiger partial charge in [0.25, 0.3) is 0 Å². The molecule has 0 heterocycles. The van der Waals surface area contributed by atoms with Crippen molar-refractivity contribution in [1.82, 2.24) is 4.90 Å². The summed E-state index contributed by atoms with van der Waals surface area (Å²) in [6.07, 6.45) is 0. The van der Waals surface area contributed by atoms with Crippen molar-refractivity contribution < 1.29 is 0 Å². The van der Waals surface area contributed by atoms with E-state index in [0.717, 1.165) is 4.32 Å². The van der Waals surface area contributed by atoms with E-state index in [1.54, 1.807) is 0 Å². The molecule has 0 aliphatic carbocycles. The first kappa shape index (κ1) is 14.9. The first-order valence-corrected chi connectivity index (χ1v) is 12.8. The van der Waals surface area contributed by atoms with Crippen molar-refractivity contribution in [3.63, 3.8) is 0 Å². The Kier molecular flexibility index (Phi) is 5.74. The Morgan fingerprint density at radius 3 is 1.68 bits per heavy atom. The van der Waals surface area contributed by atoms with Crippen LogP contribution >= 0.6 is 21.1 Å². The summed E-state index contributed by atoms with van der Waals surface area (Å²) in [5.41, 5.74) is 0. The van der Waals surface area contributed by atoms with Gasteiger partial charge in [0.15, 0.2) is 0 Å². The molecule has 2 aromatic rings. The third-order valence-corrected chi connectivity index (χ3v) is 15.2. The predicted octanol–water partition coefficient (Wildman–Crippen LogP) is 2.37. The van der Waals surface area contributed by atoms with Crippen LogP contribution in [-0.2, 0) is 0 Å². The maximum absolute atomic E-state index is 5.49. The Labute approximate surface area is 130 Å². The third-order valence-electron chi connectivity index (χ3n) is 2.52. The standard InChI is InChI=1S/2C6H5.C3H7NS2.Sb/c2*1-2-4-6-5-3-1;1-4(2)3(5)6;/h2*1-5H;1-2H3,(H,5,6);/q;;;+1/p-1.